The van der Waals surface area contributed by atoms with Crippen LogP contribution in [0.3, 0.4) is 0 Å². The van der Waals surface area contributed by atoms with Gasteiger partial charge in [0.25, 0.3) is 0 Å². The highest BCUT2D eigenvalue weighted by molar-refractivity contribution is 7.99. The number of methoxy groups -OCH3 is 2. The Kier molecular flexibility index (Phi) is 7.31. The van der Waals surface area contributed by atoms with Crippen LogP contribution in [-0.4, -0.2) is 57.0 Å². The number of hydrogen-bond donors (Lipinski definition) is 0. The average Bonchev–Trinajstić information content (AvgIpc) is 2.75. The van der Waals surface area contributed by atoms with E-state index in [0.717, 1.165) is 49.0 Å². The van der Waals surface area contributed by atoms with E-state index in [1.54, 1.807) is 26.0 Å². The zero-order chi connectivity index (χ0) is 20.8. The number of amides is 1. The van der Waals surface area contributed by atoms with E-state index in [1.807, 2.05) is 17.0 Å². The van der Waals surface area contributed by atoms with Crippen molar-refractivity contribution in [1.29, 1.82) is 0 Å². The third-order valence-corrected chi connectivity index (χ3v) is 6.38. The van der Waals surface area contributed by atoms with Crippen molar-refractivity contribution in [3.63, 3.8) is 0 Å². The molecule has 1 aliphatic heterocycles. The van der Waals surface area contributed by atoms with Gasteiger partial charge < -0.3 is 19.3 Å². The molecule has 1 aliphatic rings. The minimum Gasteiger partial charge on any atom is -0.493 e. The molecule has 0 bridgehead atoms. The number of nitrogens with zero attached hydrogens (tertiary/aromatic N) is 2. The fourth-order valence-corrected chi connectivity index (χ4v) is 4.62. The van der Waals surface area contributed by atoms with Crippen molar-refractivity contribution in [3.8, 4) is 11.5 Å². The first-order valence-corrected chi connectivity index (χ1v) is 11.1. The first-order chi connectivity index (χ1) is 14.0. The number of hydrogen-bond acceptors (Lipinski definition) is 5. The summed E-state index contributed by atoms with van der Waals surface area (Å²) in [6.45, 7) is 7.53. The van der Waals surface area contributed by atoms with E-state index in [1.165, 1.54) is 16.8 Å². The van der Waals surface area contributed by atoms with Gasteiger partial charge in [-0.3, -0.25) is 4.79 Å². The lowest BCUT2D eigenvalue weighted by Crippen LogP contribution is -2.49. The van der Waals surface area contributed by atoms with Crippen molar-refractivity contribution in [2.75, 3.05) is 51.1 Å². The molecule has 2 aromatic carbocycles. The topological polar surface area (TPSA) is 42.0 Å². The average molecular weight is 415 g/mol. The largest absolute Gasteiger partial charge is 0.493 e. The quantitative estimate of drug-likeness (QED) is 0.687. The number of carbonyl (C=O) groups is 1. The standard InChI is InChI=1S/C23H30N2O3S/c1-17-7-5-6-8-20(17)24-9-11-25(12-10-24)23(26)16-29-15-19-14-22(28-4)21(27-3)13-18(19)2/h5-8,13-14H,9-12,15-16H2,1-4H3. The Bertz CT molecular complexity index is 848. The van der Waals surface area contributed by atoms with Crippen LogP contribution in [0.2, 0.25) is 0 Å². The monoisotopic (exact) mass is 414 g/mol. The number of carbonyl (C=O) groups excluding carboxylic acids is 1. The van der Waals surface area contributed by atoms with Crippen molar-refractivity contribution < 1.29 is 14.3 Å². The van der Waals surface area contributed by atoms with Crippen LogP contribution in [0.25, 0.3) is 0 Å². The van der Waals surface area contributed by atoms with Crippen LogP contribution in [0.1, 0.15) is 16.7 Å². The lowest BCUT2D eigenvalue weighted by molar-refractivity contribution is -0.128. The van der Waals surface area contributed by atoms with Gasteiger partial charge in [0.05, 0.1) is 20.0 Å². The normalized spacial score (nSPS) is 14.1. The van der Waals surface area contributed by atoms with Crippen molar-refractivity contribution in [2.24, 2.45) is 0 Å². The molecular formula is C23H30N2O3S. The molecular weight excluding hydrogens is 384 g/mol. The highest BCUT2D eigenvalue weighted by Crippen LogP contribution is 2.32. The van der Waals surface area contributed by atoms with Gasteiger partial charge in [0.15, 0.2) is 11.5 Å². The van der Waals surface area contributed by atoms with Crippen LogP contribution in [0.15, 0.2) is 36.4 Å². The molecule has 0 atom stereocenters. The van der Waals surface area contributed by atoms with Gasteiger partial charge in [-0.15, -0.1) is 11.8 Å². The Hall–Kier alpha value is -2.34. The Morgan fingerprint density at radius 1 is 0.966 bits per heavy atom. The molecule has 0 spiro atoms. The number of anilines is 1. The van der Waals surface area contributed by atoms with Gasteiger partial charge in [-0.2, -0.15) is 0 Å². The van der Waals surface area contributed by atoms with E-state index in [9.17, 15) is 4.79 Å². The molecule has 0 aromatic heterocycles. The van der Waals surface area contributed by atoms with Gasteiger partial charge in [-0.05, 0) is 48.7 Å². The molecule has 1 fully saturated rings. The number of thioether (sulfide) groups is 1. The number of para-hydroxylation sites is 1. The summed E-state index contributed by atoms with van der Waals surface area (Å²) < 4.78 is 10.7. The molecule has 5 nitrogen and oxygen atoms in total. The molecule has 156 valence electrons. The highest BCUT2D eigenvalue weighted by Gasteiger charge is 2.22. The third kappa shape index (κ3) is 5.18. The summed E-state index contributed by atoms with van der Waals surface area (Å²) in [6, 6.07) is 12.4. The SMILES string of the molecule is COc1cc(C)c(CSCC(=O)N2CCN(c3ccccc3C)CC2)cc1OC. The van der Waals surface area contributed by atoms with Crippen LogP contribution >= 0.6 is 11.8 Å². The second-order valence-corrected chi connectivity index (χ2v) is 8.27. The van der Waals surface area contributed by atoms with Crippen molar-refractivity contribution >= 4 is 23.4 Å². The van der Waals surface area contributed by atoms with Gasteiger partial charge in [0, 0.05) is 37.6 Å². The van der Waals surface area contributed by atoms with Gasteiger partial charge in [-0.25, -0.2) is 0 Å². The number of piperazine rings is 1. The Morgan fingerprint density at radius 2 is 1.62 bits per heavy atom. The Morgan fingerprint density at radius 3 is 2.28 bits per heavy atom. The van der Waals surface area contributed by atoms with Gasteiger partial charge in [0.2, 0.25) is 5.91 Å². The Balaban J connectivity index is 1.49. The summed E-state index contributed by atoms with van der Waals surface area (Å²) in [4.78, 5) is 17.0. The van der Waals surface area contributed by atoms with Crippen LogP contribution < -0.4 is 14.4 Å². The van der Waals surface area contributed by atoms with E-state index in [2.05, 4.69) is 43.0 Å². The number of aryl methyl sites for hydroxylation is 2. The van der Waals surface area contributed by atoms with E-state index < -0.39 is 0 Å². The third-order valence-electron chi connectivity index (χ3n) is 5.41. The summed E-state index contributed by atoms with van der Waals surface area (Å²) >= 11 is 1.65. The minimum absolute atomic E-state index is 0.220. The lowest BCUT2D eigenvalue weighted by atomic mass is 10.1. The van der Waals surface area contributed by atoms with Crippen LogP contribution in [0, 0.1) is 13.8 Å². The molecule has 1 amide bonds. The van der Waals surface area contributed by atoms with Gasteiger partial charge in [-0.1, -0.05) is 18.2 Å². The lowest BCUT2D eigenvalue weighted by Gasteiger charge is -2.36. The van der Waals surface area contributed by atoms with Crippen LogP contribution in [0.5, 0.6) is 11.5 Å². The number of ether oxygens (including phenoxy) is 2. The molecule has 1 saturated heterocycles. The van der Waals surface area contributed by atoms with Crippen molar-refractivity contribution in [3.05, 3.63) is 53.1 Å². The maximum Gasteiger partial charge on any atom is 0.232 e. The molecule has 6 heteroatoms. The summed E-state index contributed by atoms with van der Waals surface area (Å²) in [5.74, 6) is 2.96. The summed E-state index contributed by atoms with van der Waals surface area (Å²) in [5, 5.41) is 0. The smallest absolute Gasteiger partial charge is 0.232 e. The molecule has 0 N–H and O–H groups in total. The van der Waals surface area contributed by atoms with Crippen molar-refractivity contribution in [1.82, 2.24) is 4.90 Å². The summed E-state index contributed by atoms with van der Waals surface area (Å²) in [7, 11) is 3.29. The highest BCUT2D eigenvalue weighted by atomic mass is 32.2. The Labute approximate surface area is 178 Å². The first-order valence-electron chi connectivity index (χ1n) is 9.91. The van der Waals surface area contributed by atoms with E-state index >= 15 is 0 Å². The fourth-order valence-electron chi connectivity index (χ4n) is 3.63. The van der Waals surface area contributed by atoms with Crippen LogP contribution in [-0.2, 0) is 10.5 Å². The summed E-state index contributed by atoms with van der Waals surface area (Å²) in [5.41, 5.74) is 4.88. The van der Waals surface area contributed by atoms with Crippen molar-refractivity contribution in [2.45, 2.75) is 19.6 Å². The number of benzene rings is 2. The van der Waals surface area contributed by atoms with E-state index in [-0.39, 0.29) is 5.91 Å². The van der Waals surface area contributed by atoms with Gasteiger partial charge in [0.1, 0.15) is 0 Å². The zero-order valence-corrected chi connectivity index (χ0v) is 18.6. The molecule has 0 radical (unpaired) electrons. The zero-order valence-electron chi connectivity index (χ0n) is 17.7. The molecule has 0 unspecified atom stereocenters. The van der Waals surface area contributed by atoms with E-state index in [0.29, 0.717) is 5.75 Å². The molecule has 0 aliphatic carbocycles. The molecule has 0 saturated carbocycles. The maximum absolute atomic E-state index is 12.6. The molecule has 29 heavy (non-hydrogen) atoms. The molecule has 2 aromatic rings. The maximum atomic E-state index is 12.6. The predicted octanol–water partition coefficient (Wildman–Crippen LogP) is 3.90. The van der Waals surface area contributed by atoms with Gasteiger partial charge >= 0.3 is 0 Å². The number of rotatable bonds is 7. The predicted molar refractivity (Wildman–Crippen MR) is 120 cm³/mol. The second-order valence-electron chi connectivity index (χ2n) is 7.28. The summed E-state index contributed by atoms with van der Waals surface area (Å²) in [6.07, 6.45) is 0. The molecule has 3 rings (SSSR count). The second kappa shape index (κ2) is 9.92. The minimum atomic E-state index is 0.220. The fraction of sp³-hybridized carbons (Fsp3) is 0.435. The first kappa shape index (κ1) is 21.4. The molecule has 1 heterocycles. The van der Waals surface area contributed by atoms with Crippen LogP contribution in [0.4, 0.5) is 5.69 Å². The van der Waals surface area contributed by atoms with E-state index in [4.69, 9.17) is 9.47 Å².